The Kier molecular flexibility index (Phi) is 8.21. The zero-order chi connectivity index (χ0) is 20.4. The lowest BCUT2D eigenvalue weighted by atomic mass is 10.0. The van der Waals surface area contributed by atoms with Gasteiger partial charge in [-0.05, 0) is 49.9 Å². The Hall–Kier alpha value is -3.15. The van der Waals surface area contributed by atoms with E-state index in [1.807, 2.05) is 24.3 Å². The van der Waals surface area contributed by atoms with E-state index in [4.69, 9.17) is 9.84 Å². The average Bonchev–Trinajstić information content (AvgIpc) is 2.70. The van der Waals surface area contributed by atoms with E-state index in [-0.39, 0.29) is 5.69 Å². The van der Waals surface area contributed by atoms with Crippen molar-refractivity contribution in [2.24, 2.45) is 0 Å². The van der Waals surface area contributed by atoms with Gasteiger partial charge in [0.2, 0.25) is 0 Å². The summed E-state index contributed by atoms with van der Waals surface area (Å²) in [5.74, 6) is -0.101. The van der Waals surface area contributed by atoms with E-state index in [9.17, 15) is 14.9 Å². The molecule has 0 aromatic heterocycles. The van der Waals surface area contributed by atoms with Crippen LogP contribution in [0.2, 0.25) is 0 Å². The van der Waals surface area contributed by atoms with Gasteiger partial charge >= 0.3 is 5.97 Å². The standard InChI is InChI=1S/C22H25NO5/c1-17(22(24)25)9-5-3-2-4-8-16-28-21-11-7-6-10-20(21)18-12-14-19(15-13-18)23(26)27/h6-7,9-15H,2-5,8,16H2,1H3,(H,24,25). The summed E-state index contributed by atoms with van der Waals surface area (Å²) < 4.78 is 5.92. The van der Waals surface area contributed by atoms with Gasteiger partial charge in [-0.25, -0.2) is 4.79 Å². The second-order valence-electron chi connectivity index (χ2n) is 6.54. The molecule has 0 saturated carbocycles. The first-order valence-electron chi connectivity index (χ1n) is 9.35. The number of non-ortho nitro benzene ring substituents is 1. The van der Waals surface area contributed by atoms with Crippen LogP contribution in [-0.4, -0.2) is 22.6 Å². The number of rotatable bonds is 11. The number of nitro benzene ring substituents is 1. The Morgan fingerprint density at radius 1 is 1.07 bits per heavy atom. The lowest BCUT2D eigenvalue weighted by Crippen LogP contribution is -1.99. The van der Waals surface area contributed by atoms with Crippen molar-refractivity contribution in [1.82, 2.24) is 0 Å². The predicted octanol–water partition coefficient (Wildman–Crippen LogP) is 5.62. The van der Waals surface area contributed by atoms with Crippen LogP contribution in [0.3, 0.4) is 0 Å². The second-order valence-corrected chi connectivity index (χ2v) is 6.54. The molecular formula is C22H25NO5. The molecule has 6 heteroatoms. The van der Waals surface area contributed by atoms with Crippen molar-refractivity contribution >= 4 is 11.7 Å². The Bertz CT molecular complexity index is 827. The van der Waals surface area contributed by atoms with Crippen molar-refractivity contribution in [2.45, 2.75) is 39.0 Å². The Morgan fingerprint density at radius 3 is 2.43 bits per heavy atom. The van der Waals surface area contributed by atoms with Crippen molar-refractivity contribution in [3.8, 4) is 16.9 Å². The number of allylic oxidation sites excluding steroid dienone is 1. The molecule has 0 bridgehead atoms. The molecule has 6 nitrogen and oxygen atoms in total. The number of nitro groups is 1. The van der Waals surface area contributed by atoms with Gasteiger partial charge in [0.25, 0.3) is 5.69 Å². The van der Waals surface area contributed by atoms with E-state index in [0.717, 1.165) is 49.0 Å². The first-order valence-corrected chi connectivity index (χ1v) is 9.35. The molecule has 1 N–H and O–H groups in total. The minimum Gasteiger partial charge on any atom is -0.493 e. The molecule has 0 aliphatic carbocycles. The molecule has 0 heterocycles. The van der Waals surface area contributed by atoms with Gasteiger partial charge in [-0.3, -0.25) is 10.1 Å². The molecule has 0 spiro atoms. The molecule has 0 saturated heterocycles. The third-order valence-corrected chi connectivity index (χ3v) is 4.42. The Morgan fingerprint density at radius 2 is 1.75 bits per heavy atom. The molecule has 148 valence electrons. The van der Waals surface area contributed by atoms with Crippen LogP contribution in [0, 0.1) is 10.1 Å². The summed E-state index contributed by atoms with van der Waals surface area (Å²) in [5, 5.41) is 19.6. The highest BCUT2D eigenvalue weighted by Crippen LogP contribution is 2.31. The van der Waals surface area contributed by atoms with Crippen molar-refractivity contribution in [3.63, 3.8) is 0 Å². The van der Waals surface area contributed by atoms with Crippen LogP contribution >= 0.6 is 0 Å². The van der Waals surface area contributed by atoms with E-state index in [2.05, 4.69) is 0 Å². The SMILES string of the molecule is CC(=CCCCCCCOc1ccccc1-c1ccc([N+](=O)[O-])cc1)C(=O)O. The number of carboxylic acids is 1. The number of ether oxygens (including phenoxy) is 1. The number of para-hydroxylation sites is 1. The first-order chi connectivity index (χ1) is 13.5. The molecule has 0 aliphatic rings. The summed E-state index contributed by atoms with van der Waals surface area (Å²) in [6.45, 7) is 2.20. The number of hydrogen-bond donors (Lipinski definition) is 1. The normalized spacial score (nSPS) is 11.2. The van der Waals surface area contributed by atoms with Crippen LogP contribution in [0.4, 0.5) is 5.69 Å². The lowest BCUT2D eigenvalue weighted by molar-refractivity contribution is -0.384. The fraction of sp³-hybridized carbons (Fsp3) is 0.318. The molecule has 0 fully saturated rings. The number of benzene rings is 2. The maximum absolute atomic E-state index is 10.8. The van der Waals surface area contributed by atoms with Gasteiger partial charge in [0.1, 0.15) is 5.75 Å². The van der Waals surface area contributed by atoms with E-state index < -0.39 is 10.9 Å². The van der Waals surface area contributed by atoms with Gasteiger partial charge in [0.05, 0.1) is 11.5 Å². The number of aliphatic carboxylic acids is 1. The highest BCUT2D eigenvalue weighted by Gasteiger charge is 2.09. The quantitative estimate of drug-likeness (QED) is 0.235. The average molecular weight is 383 g/mol. The number of unbranched alkanes of at least 4 members (excludes halogenated alkanes) is 4. The molecule has 2 aromatic rings. The van der Waals surface area contributed by atoms with Gasteiger partial charge < -0.3 is 9.84 Å². The van der Waals surface area contributed by atoms with E-state index in [1.54, 1.807) is 25.1 Å². The molecule has 2 aromatic carbocycles. The predicted molar refractivity (Wildman–Crippen MR) is 109 cm³/mol. The molecule has 0 unspecified atom stereocenters. The van der Waals surface area contributed by atoms with Crippen LogP contribution in [-0.2, 0) is 4.79 Å². The second kappa shape index (κ2) is 10.9. The summed E-state index contributed by atoms with van der Waals surface area (Å²) in [7, 11) is 0. The highest BCUT2D eigenvalue weighted by atomic mass is 16.6. The minimum absolute atomic E-state index is 0.0653. The Labute approximate surface area is 164 Å². The van der Waals surface area contributed by atoms with Gasteiger partial charge in [0.15, 0.2) is 0 Å². The third-order valence-electron chi connectivity index (χ3n) is 4.42. The van der Waals surface area contributed by atoms with Crippen molar-refractivity contribution in [3.05, 3.63) is 70.3 Å². The highest BCUT2D eigenvalue weighted by molar-refractivity contribution is 5.85. The van der Waals surface area contributed by atoms with E-state index in [1.165, 1.54) is 12.1 Å². The number of nitrogens with zero attached hydrogens (tertiary/aromatic N) is 1. The fourth-order valence-corrected chi connectivity index (χ4v) is 2.78. The molecule has 0 amide bonds. The van der Waals surface area contributed by atoms with Crippen LogP contribution in [0.15, 0.2) is 60.2 Å². The van der Waals surface area contributed by atoms with Crippen LogP contribution in [0.5, 0.6) is 5.75 Å². The van der Waals surface area contributed by atoms with Gasteiger partial charge in [-0.2, -0.15) is 0 Å². The first kappa shape index (κ1) is 21.2. The van der Waals surface area contributed by atoms with Crippen molar-refractivity contribution in [2.75, 3.05) is 6.61 Å². The van der Waals surface area contributed by atoms with Gasteiger partial charge in [0, 0.05) is 23.3 Å². The summed E-state index contributed by atoms with van der Waals surface area (Å²) in [5.41, 5.74) is 2.25. The summed E-state index contributed by atoms with van der Waals surface area (Å²) in [6.07, 6.45) is 6.46. The topological polar surface area (TPSA) is 89.7 Å². The monoisotopic (exact) mass is 383 g/mol. The van der Waals surface area contributed by atoms with E-state index in [0.29, 0.717) is 12.2 Å². The minimum atomic E-state index is -0.861. The maximum Gasteiger partial charge on any atom is 0.330 e. The number of carboxylic acid groups (broad SMARTS) is 1. The largest absolute Gasteiger partial charge is 0.493 e. The van der Waals surface area contributed by atoms with Crippen LogP contribution < -0.4 is 4.74 Å². The van der Waals surface area contributed by atoms with E-state index >= 15 is 0 Å². The van der Waals surface area contributed by atoms with Crippen LogP contribution in [0.25, 0.3) is 11.1 Å². The molecule has 0 radical (unpaired) electrons. The fourth-order valence-electron chi connectivity index (χ4n) is 2.78. The van der Waals surface area contributed by atoms with Crippen molar-refractivity contribution < 1.29 is 19.6 Å². The lowest BCUT2D eigenvalue weighted by Gasteiger charge is -2.11. The zero-order valence-electron chi connectivity index (χ0n) is 16.0. The maximum atomic E-state index is 10.8. The van der Waals surface area contributed by atoms with Crippen LogP contribution in [0.1, 0.15) is 39.0 Å². The zero-order valence-corrected chi connectivity index (χ0v) is 16.0. The summed E-state index contributed by atoms with van der Waals surface area (Å²) >= 11 is 0. The summed E-state index contributed by atoms with van der Waals surface area (Å²) in [4.78, 5) is 21.1. The van der Waals surface area contributed by atoms with Gasteiger partial charge in [-0.1, -0.05) is 37.1 Å². The van der Waals surface area contributed by atoms with Gasteiger partial charge in [-0.15, -0.1) is 0 Å². The number of hydrogen-bond acceptors (Lipinski definition) is 4. The molecule has 0 atom stereocenters. The Balaban J connectivity index is 1.80. The molecule has 0 aliphatic heterocycles. The third kappa shape index (κ3) is 6.54. The number of carbonyl (C=O) groups is 1. The summed E-state index contributed by atoms with van der Waals surface area (Å²) in [6, 6.07) is 14.1. The molecular weight excluding hydrogens is 358 g/mol. The molecule has 2 rings (SSSR count). The van der Waals surface area contributed by atoms with Crippen molar-refractivity contribution in [1.29, 1.82) is 0 Å². The smallest absolute Gasteiger partial charge is 0.330 e. The molecule has 28 heavy (non-hydrogen) atoms.